The van der Waals surface area contributed by atoms with Gasteiger partial charge in [-0.25, -0.2) is 0 Å². The van der Waals surface area contributed by atoms with E-state index in [0.717, 1.165) is 12.3 Å². The fourth-order valence-corrected chi connectivity index (χ4v) is 0.744. The van der Waals surface area contributed by atoms with Gasteiger partial charge in [0.15, 0.2) is 0 Å². The van der Waals surface area contributed by atoms with E-state index in [1.165, 1.54) is 0 Å². The second-order valence-electron chi connectivity index (χ2n) is 2.61. The average molecular weight is 101 g/mol. The van der Waals surface area contributed by atoms with Crippen LogP contribution in [0.25, 0.3) is 0 Å². The first-order valence-corrected chi connectivity index (χ1v) is 2.88. The Balaban J connectivity index is 2.95. The van der Waals surface area contributed by atoms with Gasteiger partial charge in [-0.3, -0.25) is 0 Å². The highest BCUT2D eigenvalue weighted by Crippen LogP contribution is 2.00. The Kier molecular flexibility index (Phi) is 3.01. The molecule has 0 spiro atoms. The molecule has 0 saturated carbocycles. The van der Waals surface area contributed by atoms with Crippen molar-refractivity contribution in [3.8, 4) is 0 Å². The maximum absolute atomic E-state index is 5.49. The lowest BCUT2D eigenvalue weighted by atomic mass is 10.1. The Morgan fingerprint density at radius 1 is 1.29 bits per heavy atom. The molecule has 0 aromatic heterocycles. The summed E-state index contributed by atoms with van der Waals surface area (Å²) in [7, 11) is 0. The predicted octanol–water partition coefficient (Wildman–Crippen LogP) is 1.38. The van der Waals surface area contributed by atoms with Gasteiger partial charge in [-0.05, 0) is 19.3 Å². The standard InChI is InChI=1S/C6H15N/c1-5(2)4-6(3)7/h5-6H,4,7H2,1-3H3/t6-/m1/s1. The lowest BCUT2D eigenvalue weighted by molar-refractivity contribution is 0.520. The molecule has 44 valence electrons. The molecule has 0 aliphatic carbocycles. The number of hydrogen-bond donors (Lipinski definition) is 1. The molecule has 0 radical (unpaired) electrons. The summed E-state index contributed by atoms with van der Waals surface area (Å²) < 4.78 is 0. The van der Waals surface area contributed by atoms with Gasteiger partial charge in [0.25, 0.3) is 0 Å². The van der Waals surface area contributed by atoms with Crippen molar-refractivity contribution in [1.29, 1.82) is 0 Å². The normalized spacial score (nSPS) is 15.0. The van der Waals surface area contributed by atoms with Crippen molar-refractivity contribution in [3.05, 3.63) is 0 Å². The predicted molar refractivity (Wildman–Crippen MR) is 33.1 cm³/mol. The Labute approximate surface area is 45.9 Å². The van der Waals surface area contributed by atoms with Crippen LogP contribution in [0.1, 0.15) is 27.2 Å². The monoisotopic (exact) mass is 101 g/mol. The molecule has 7 heavy (non-hydrogen) atoms. The maximum atomic E-state index is 5.49. The van der Waals surface area contributed by atoms with Crippen molar-refractivity contribution in [3.63, 3.8) is 0 Å². The van der Waals surface area contributed by atoms with Crippen LogP contribution in [-0.2, 0) is 0 Å². The molecule has 2 N–H and O–H groups in total. The first-order valence-electron chi connectivity index (χ1n) is 2.88. The van der Waals surface area contributed by atoms with E-state index in [4.69, 9.17) is 5.73 Å². The van der Waals surface area contributed by atoms with Crippen molar-refractivity contribution in [1.82, 2.24) is 0 Å². The first kappa shape index (κ1) is 6.96. The van der Waals surface area contributed by atoms with Gasteiger partial charge in [-0.2, -0.15) is 0 Å². The van der Waals surface area contributed by atoms with Crippen LogP contribution in [0.3, 0.4) is 0 Å². The minimum atomic E-state index is 0.375. The molecule has 0 saturated heterocycles. The van der Waals surface area contributed by atoms with Crippen LogP contribution < -0.4 is 5.73 Å². The van der Waals surface area contributed by atoms with Gasteiger partial charge in [0.1, 0.15) is 0 Å². The van der Waals surface area contributed by atoms with Gasteiger partial charge < -0.3 is 5.73 Å². The van der Waals surface area contributed by atoms with Gasteiger partial charge in [-0.1, -0.05) is 13.8 Å². The van der Waals surface area contributed by atoms with E-state index >= 15 is 0 Å². The van der Waals surface area contributed by atoms with E-state index in [9.17, 15) is 0 Å². The highest BCUT2D eigenvalue weighted by molar-refractivity contribution is 4.54. The van der Waals surface area contributed by atoms with Gasteiger partial charge in [0.05, 0.1) is 0 Å². The summed E-state index contributed by atoms with van der Waals surface area (Å²) in [6.45, 7) is 6.41. The van der Waals surface area contributed by atoms with Crippen molar-refractivity contribution >= 4 is 0 Å². The maximum Gasteiger partial charge on any atom is 0.00129 e. The van der Waals surface area contributed by atoms with Crippen LogP contribution in [-0.4, -0.2) is 6.04 Å². The number of rotatable bonds is 2. The fraction of sp³-hybridized carbons (Fsp3) is 1.00. The number of hydrogen-bond acceptors (Lipinski definition) is 1. The lowest BCUT2D eigenvalue weighted by Crippen LogP contribution is -2.16. The van der Waals surface area contributed by atoms with Crippen molar-refractivity contribution < 1.29 is 0 Å². The topological polar surface area (TPSA) is 26.0 Å². The van der Waals surface area contributed by atoms with Crippen LogP contribution in [0.2, 0.25) is 0 Å². The number of nitrogens with two attached hydrogens (primary N) is 1. The third kappa shape index (κ3) is 5.96. The second-order valence-corrected chi connectivity index (χ2v) is 2.61. The van der Waals surface area contributed by atoms with E-state index in [1.807, 2.05) is 6.92 Å². The zero-order valence-corrected chi connectivity index (χ0v) is 5.44. The highest BCUT2D eigenvalue weighted by atomic mass is 14.6. The van der Waals surface area contributed by atoms with Crippen LogP contribution in [0.15, 0.2) is 0 Å². The summed E-state index contributed by atoms with van der Waals surface area (Å²) in [6.07, 6.45) is 1.14. The molecule has 0 unspecified atom stereocenters. The molecule has 1 nitrogen and oxygen atoms in total. The van der Waals surface area contributed by atoms with Crippen molar-refractivity contribution in [2.24, 2.45) is 11.7 Å². The summed E-state index contributed by atoms with van der Waals surface area (Å²) in [5.41, 5.74) is 5.49. The average Bonchev–Trinajstić information content (AvgIpc) is 1.27. The minimum absolute atomic E-state index is 0.375. The molecule has 0 bridgehead atoms. The smallest absolute Gasteiger partial charge is 0.00129 e. The molecule has 0 rings (SSSR count). The molecule has 1 atom stereocenters. The molecule has 0 aliphatic heterocycles. The lowest BCUT2D eigenvalue weighted by Gasteiger charge is -2.05. The highest BCUT2D eigenvalue weighted by Gasteiger charge is 1.95. The zero-order chi connectivity index (χ0) is 5.86. The van der Waals surface area contributed by atoms with Gasteiger partial charge in [-0.15, -0.1) is 0 Å². The molecular formula is C6H15N. The minimum Gasteiger partial charge on any atom is -0.328 e. The third-order valence-corrected chi connectivity index (χ3v) is 0.843. The summed E-state index contributed by atoms with van der Waals surface area (Å²) in [4.78, 5) is 0. The Bertz CT molecular complexity index is 33.4. The van der Waals surface area contributed by atoms with E-state index in [1.54, 1.807) is 0 Å². The fourth-order valence-electron chi connectivity index (χ4n) is 0.744. The molecular weight excluding hydrogens is 86.1 g/mol. The Morgan fingerprint density at radius 3 is 1.71 bits per heavy atom. The molecule has 1 heteroatoms. The molecule has 0 amide bonds. The molecule has 0 aromatic carbocycles. The van der Waals surface area contributed by atoms with Crippen LogP contribution in [0.4, 0.5) is 0 Å². The van der Waals surface area contributed by atoms with Gasteiger partial charge in [0.2, 0.25) is 0 Å². The third-order valence-electron chi connectivity index (χ3n) is 0.843. The van der Waals surface area contributed by atoms with Crippen LogP contribution in [0, 0.1) is 5.92 Å². The summed E-state index contributed by atoms with van der Waals surface area (Å²) >= 11 is 0. The van der Waals surface area contributed by atoms with E-state index in [2.05, 4.69) is 13.8 Å². The summed E-state index contributed by atoms with van der Waals surface area (Å²) in [6, 6.07) is 0.375. The molecule has 0 heterocycles. The zero-order valence-electron chi connectivity index (χ0n) is 5.44. The van der Waals surface area contributed by atoms with Crippen LogP contribution >= 0.6 is 0 Å². The molecule has 0 aliphatic rings. The van der Waals surface area contributed by atoms with E-state index in [0.29, 0.717) is 6.04 Å². The van der Waals surface area contributed by atoms with Crippen LogP contribution in [0.5, 0.6) is 0 Å². The quantitative estimate of drug-likeness (QED) is 0.558. The largest absolute Gasteiger partial charge is 0.328 e. The summed E-state index contributed by atoms with van der Waals surface area (Å²) in [5, 5.41) is 0. The van der Waals surface area contributed by atoms with E-state index < -0.39 is 0 Å². The van der Waals surface area contributed by atoms with E-state index in [-0.39, 0.29) is 0 Å². The molecule has 0 aromatic rings. The van der Waals surface area contributed by atoms with Crippen molar-refractivity contribution in [2.75, 3.05) is 0 Å². The summed E-state index contributed by atoms with van der Waals surface area (Å²) in [5.74, 6) is 0.750. The first-order chi connectivity index (χ1) is 3.13. The Hall–Kier alpha value is -0.0400. The SMILES string of the molecule is CC(C)C[C@@H](C)N. The second kappa shape index (κ2) is 3.03. The van der Waals surface area contributed by atoms with Gasteiger partial charge in [0, 0.05) is 6.04 Å². The Morgan fingerprint density at radius 2 is 1.71 bits per heavy atom. The van der Waals surface area contributed by atoms with Crippen molar-refractivity contribution in [2.45, 2.75) is 33.2 Å². The van der Waals surface area contributed by atoms with Gasteiger partial charge >= 0.3 is 0 Å². The molecule has 0 fully saturated rings.